The van der Waals surface area contributed by atoms with Crippen molar-refractivity contribution in [2.75, 3.05) is 69.1 Å². The molecule has 1 heterocycles. The van der Waals surface area contributed by atoms with Gasteiger partial charge in [0.1, 0.15) is 12.1 Å². The van der Waals surface area contributed by atoms with Crippen LogP contribution in [0, 0.1) is 23.7 Å². The summed E-state index contributed by atoms with van der Waals surface area (Å²) in [5, 5.41) is 9.05. The summed E-state index contributed by atoms with van der Waals surface area (Å²) in [6.45, 7) is 15.3. The quantitative estimate of drug-likeness (QED) is 0.143. The standard InChI is InChI=1S/C44H77N7O7/c1-15-30(6)39(50(12)44(56)38(29(4)5)49(11)43(55)37(45-8)28(2)3)35(57-13)27-36(52)51-24-19-22-34(51)40(58-14)31(7)41(53)47-33(26-32-20-17-16-18-21-32)42(54)46-23-25-48(9)10/h16-18,20-21,28-31,33-35,37-40,45H,15,19,22-27H2,1-14H3,(H,46,54)(H,47,53)/t30-,31+,33-,34-,35+,37-,38-,39-,40+/m0/s1. The van der Waals surface area contributed by atoms with Gasteiger partial charge in [0.25, 0.3) is 0 Å². The molecular weight excluding hydrogens is 739 g/mol. The molecule has 0 aliphatic carbocycles. The molecule has 14 heteroatoms. The molecule has 2 rings (SSSR count). The van der Waals surface area contributed by atoms with Gasteiger partial charge in [-0.1, -0.05) is 85.2 Å². The predicted molar refractivity (Wildman–Crippen MR) is 229 cm³/mol. The van der Waals surface area contributed by atoms with Gasteiger partial charge in [-0.05, 0) is 57.3 Å². The molecule has 0 bridgehead atoms. The third-order valence-electron chi connectivity index (χ3n) is 11.9. The number of carbonyl (C=O) groups is 5. The first-order chi connectivity index (χ1) is 27.4. The molecular formula is C44H77N7O7. The van der Waals surface area contributed by atoms with E-state index >= 15 is 0 Å². The zero-order valence-electron chi connectivity index (χ0n) is 38.0. The number of nitrogens with zero attached hydrogens (tertiary/aromatic N) is 4. The summed E-state index contributed by atoms with van der Waals surface area (Å²) in [4.78, 5) is 76.7. The van der Waals surface area contributed by atoms with E-state index in [1.165, 1.54) is 0 Å². The highest BCUT2D eigenvalue weighted by molar-refractivity contribution is 5.90. The van der Waals surface area contributed by atoms with Crippen molar-refractivity contribution in [2.24, 2.45) is 23.7 Å². The van der Waals surface area contributed by atoms with Crippen molar-refractivity contribution in [3.05, 3.63) is 35.9 Å². The average molecular weight is 816 g/mol. The molecule has 0 aromatic heterocycles. The maximum Gasteiger partial charge on any atom is 0.245 e. The van der Waals surface area contributed by atoms with Crippen LogP contribution in [0.15, 0.2) is 30.3 Å². The van der Waals surface area contributed by atoms with Crippen LogP contribution in [0.25, 0.3) is 0 Å². The summed E-state index contributed by atoms with van der Waals surface area (Å²) in [6.07, 6.45) is 1.17. The highest BCUT2D eigenvalue weighted by atomic mass is 16.5. The third-order valence-corrected chi connectivity index (χ3v) is 11.9. The smallest absolute Gasteiger partial charge is 0.245 e. The molecule has 5 amide bonds. The SMILES string of the molecule is CC[C@H](C)[C@@H]([C@@H](CC(=O)N1CCC[C@H]1[C@H](OC)[C@@H](C)C(=O)N[C@@H](Cc1ccccc1)C(=O)NCCN(C)C)OC)N(C)C(=O)[C@H](C(C)C)N(C)C(=O)[C@@H](NC)C(C)C. The highest BCUT2D eigenvalue weighted by Gasteiger charge is 2.44. The van der Waals surface area contributed by atoms with Crippen LogP contribution in [0.1, 0.15) is 79.7 Å². The van der Waals surface area contributed by atoms with Gasteiger partial charge in [0.05, 0.1) is 42.7 Å². The Hall–Kier alpha value is -3.59. The zero-order chi connectivity index (χ0) is 43.9. The molecule has 1 aromatic carbocycles. The summed E-state index contributed by atoms with van der Waals surface area (Å²) in [5.74, 6) is -1.97. The number of rotatable bonds is 24. The minimum atomic E-state index is -0.800. The number of likely N-dealkylation sites (N-methyl/N-ethyl adjacent to an activating group) is 4. The highest BCUT2D eigenvalue weighted by Crippen LogP contribution is 2.30. The molecule has 14 nitrogen and oxygen atoms in total. The molecule has 0 saturated carbocycles. The van der Waals surface area contributed by atoms with Crippen molar-refractivity contribution in [3.8, 4) is 0 Å². The van der Waals surface area contributed by atoms with Gasteiger partial charge in [0.2, 0.25) is 29.5 Å². The first-order valence-corrected chi connectivity index (χ1v) is 21.2. The fourth-order valence-electron chi connectivity index (χ4n) is 8.40. The van der Waals surface area contributed by atoms with Gasteiger partial charge in [-0.15, -0.1) is 0 Å². The van der Waals surface area contributed by atoms with Gasteiger partial charge in [-0.2, -0.15) is 0 Å². The maximum absolute atomic E-state index is 14.4. The molecule has 1 fully saturated rings. The fraction of sp³-hybridized carbons (Fsp3) is 0.750. The molecule has 1 aliphatic rings. The number of methoxy groups -OCH3 is 2. The molecule has 1 aromatic rings. The van der Waals surface area contributed by atoms with Gasteiger partial charge < -0.3 is 45.0 Å². The molecule has 0 unspecified atom stereocenters. The Morgan fingerprint density at radius 2 is 1.50 bits per heavy atom. The number of ether oxygens (including phenoxy) is 2. The average Bonchev–Trinajstić information content (AvgIpc) is 3.67. The topological polar surface area (TPSA) is 153 Å². The van der Waals surface area contributed by atoms with Gasteiger partial charge in [0, 0.05) is 54.4 Å². The predicted octanol–water partition coefficient (Wildman–Crippen LogP) is 3.04. The Morgan fingerprint density at radius 3 is 2.02 bits per heavy atom. The zero-order valence-corrected chi connectivity index (χ0v) is 38.0. The van der Waals surface area contributed by atoms with Crippen LogP contribution < -0.4 is 16.0 Å². The van der Waals surface area contributed by atoms with Gasteiger partial charge in [0.15, 0.2) is 0 Å². The number of carbonyl (C=O) groups excluding carboxylic acids is 5. The largest absolute Gasteiger partial charge is 0.379 e. The minimum Gasteiger partial charge on any atom is -0.379 e. The van der Waals surface area contributed by atoms with Crippen LogP contribution in [0.4, 0.5) is 0 Å². The lowest BCUT2D eigenvalue weighted by molar-refractivity contribution is -0.153. The van der Waals surface area contributed by atoms with Crippen molar-refractivity contribution >= 4 is 29.5 Å². The number of hydrogen-bond acceptors (Lipinski definition) is 9. The second-order valence-electron chi connectivity index (χ2n) is 17.1. The fourth-order valence-corrected chi connectivity index (χ4v) is 8.40. The van der Waals surface area contributed by atoms with Crippen LogP contribution in [-0.2, 0) is 39.9 Å². The Kier molecular flexibility index (Phi) is 21.3. The second-order valence-corrected chi connectivity index (χ2v) is 17.1. The molecule has 58 heavy (non-hydrogen) atoms. The molecule has 330 valence electrons. The van der Waals surface area contributed by atoms with Gasteiger partial charge >= 0.3 is 0 Å². The summed E-state index contributed by atoms with van der Waals surface area (Å²) < 4.78 is 12.1. The van der Waals surface area contributed by atoms with Crippen LogP contribution in [0.3, 0.4) is 0 Å². The van der Waals surface area contributed by atoms with Gasteiger partial charge in [-0.25, -0.2) is 0 Å². The lowest BCUT2D eigenvalue weighted by atomic mass is 9.89. The Balaban J connectivity index is 2.32. The molecule has 9 atom stereocenters. The van der Waals surface area contributed by atoms with E-state index in [4.69, 9.17) is 9.47 Å². The lowest BCUT2D eigenvalue weighted by Gasteiger charge is -2.42. The Bertz CT molecular complexity index is 1440. The lowest BCUT2D eigenvalue weighted by Crippen LogP contribution is -2.60. The number of hydrogen-bond donors (Lipinski definition) is 3. The van der Waals surface area contributed by atoms with E-state index in [1.807, 2.05) is 90.9 Å². The molecule has 3 N–H and O–H groups in total. The van der Waals surface area contributed by atoms with Crippen molar-refractivity contribution < 1.29 is 33.4 Å². The van der Waals surface area contributed by atoms with Crippen molar-refractivity contribution in [1.82, 2.24) is 35.6 Å². The van der Waals surface area contributed by atoms with E-state index in [1.54, 1.807) is 57.0 Å². The first-order valence-electron chi connectivity index (χ1n) is 21.2. The van der Waals surface area contributed by atoms with E-state index < -0.39 is 42.3 Å². The van der Waals surface area contributed by atoms with E-state index in [9.17, 15) is 24.0 Å². The summed E-state index contributed by atoms with van der Waals surface area (Å²) >= 11 is 0. The van der Waals surface area contributed by atoms with Crippen molar-refractivity contribution in [1.29, 1.82) is 0 Å². The normalized spacial score (nSPS) is 18.6. The van der Waals surface area contributed by atoms with Crippen LogP contribution in [-0.4, -0.2) is 161 Å². The van der Waals surface area contributed by atoms with Crippen LogP contribution >= 0.6 is 0 Å². The van der Waals surface area contributed by atoms with E-state index in [-0.39, 0.29) is 59.8 Å². The molecule has 0 radical (unpaired) electrons. The summed E-state index contributed by atoms with van der Waals surface area (Å²) in [5.41, 5.74) is 0.920. The number of benzene rings is 1. The Labute approximate surface area is 349 Å². The van der Waals surface area contributed by atoms with E-state index in [0.29, 0.717) is 32.5 Å². The van der Waals surface area contributed by atoms with Crippen LogP contribution in [0.5, 0.6) is 0 Å². The van der Waals surface area contributed by atoms with Crippen molar-refractivity contribution in [3.63, 3.8) is 0 Å². The summed E-state index contributed by atoms with van der Waals surface area (Å²) in [7, 11) is 12.2. The number of amides is 5. The number of likely N-dealkylation sites (tertiary alicyclic amines) is 1. The monoisotopic (exact) mass is 816 g/mol. The Morgan fingerprint density at radius 1 is 0.862 bits per heavy atom. The summed E-state index contributed by atoms with van der Waals surface area (Å²) in [6, 6.07) is 6.76. The van der Waals surface area contributed by atoms with E-state index in [2.05, 4.69) is 16.0 Å². The van der Waals surface area contributed by atoms with Crippen molar-refractivity contribution in [2.45, 2.75) is 123 Å². The van der Waals surface area contributed by atoms with E-state index in [0.717, 1.165) is 18.4 Å². The third kappa shape index (κ3) is 13.7. The molecule has 1 aliphatic heterocycles. The maximum atomic E-state index is 14.4. The minimum absolute atomic E-state index is 0.0131. The van der Waals surface area contributed by atoms with Gasteiger partial charge in [-0.3, -0.25) is 24.0 Å². The molecule has 0 spiro atoms. The van der Waals surface area contributed by atoms with Crippen LogP contribution in [0.2, 0.25) is 0 Å². The number of nitrogens with one attached hydrogen (secondary N) is 3. The first kappa shape index (κ1) is 50.6. The molecule has 1 saturated heterocycles. The second kappa shape index (κ2) is 24.5.